The van der Waals surface area contributed by atoms with E-state index in [2.05, 4.69) is 19.2 Å². The van der Waals surface area contributed by atoms with Crippen LogP contribution in [0.25, 0.3) is 0 Å². The van der Waals surface area contributed by atoms with Crippen LogP contribution in [0.1, 0.15) is 30.5 Å². The summed E-state index contributed by atoms with van der Waals surface area (Å²) in [6.45, 7) is 4.37. The van der Waals surface area contributed by atoms with Crippen molar-refractivity contribution in [3.63, 3.8) is 0 Å². The highest BCUT2D eigenvalue weighted by atomic mass is 32.2. The van der Waals surface area contributed by atoms with Gasteiger partial charge in [0.25, 0.3) is 10.1 Å². The Labute approximate surface area is 125 Å². The Morgan fingerprint density at radius 2 is 1.81 bits per heavy atom. The van der Waals surface area contributed by atoms with Crippen molar-refractivity contribution in [1.82, 2.24) is 5.32 Å². The molecule has 0 aliphatic rings. The van der Waals surface area contributed by atoms with Crippen LogP contribution in [0.4, 0.5) is 0 Å². The third kappa shape index (κ3) is 6.24. The molecule has 0 fully saturated rings. The number of rotatable bonds is 8. The van der Waals surface area contributed by atoms with E-state index in [1.54, 1.807) is 0 Å². The van der Waals surface area contributed by atoms with Gasteiger partial charge < -0.3 is 10.1 Å². The largest absolute Gasteiger partial charge is 0.357 e. The zero-order valence-electron chi connectivity index (χ0n) is 12.3. The summed E-state index contributed by atoms with van der Waals surface area (Å²) in [5.41, 5.74) is 3.49. The fourth-order valence-corrected chi connectivity index (χ4v) is 2.47. The van der Waals surface area contributed by atoms with Crippen LogP contribution >= 0.6 is 0 Å². The zero-order chi connectivity index (χ0) is 15.9. The number of aryl methyl sites for hydroxylation is 2. The third-order valence-corrected chi connectivity index (χ3v) is 3.69. The summed E-state index contributed by atoms with van der Waals surface area (Å²) in [5, 5.41) is 2.28. The van der Waals surface area contributed by atoms with E-state index in [1.165, 1.54) is 11.1 Å². The number of hydrogen-bond acceptors (Lipinski definition) is 4. The molecular weight excluding hydrogens is 294 g/mol. The average Bonchev–Trinajstić information content (AvgIpc) is 2.41. The SMILES string of the molecule is CCc1cccc(CC)c1COCNC(=O)CS(=O)(=O)O. The van der Waals surface area contributed by atoms with Gasteiger partial charge in [-0.15, -0.1) is 0 Å². The lowest BCUT2D eigenvalue weighted by Crippen LogP contribution is -2.31. The summed E-state index contributed by atoms with van der Waals surface area (Å²) in [7, 11) is -4.30. The van der Waals surface area contributed by atoms with Crippen molar-refractivity contribution in [1.29, 1.82) is 0 Å². The summed E-state index contributed by atoms with van der Waals surface area (Å²) >= 11 is 0. The maximum absolute atomic E-state index is 11.2. The van der Waals surface area contributed by atoms with Crippen molar-refractivity contribution in [2.45, 2.75) is 33.3 Å². The Balaban J connectivity index is 2.51. The lowest BCUT2D eigenvalue weighted by molar-refractivity contribution is -0.120. The molecule has 21 heavy (non-hydrogen) atoms. The maximum Gasteiger partial charge on any atom is 0.274 e. The minimum atomic E-state index is -4.30. The Bertz CT molecular complexity index is 561. The quantitative estimate of drug-likeness (QED) is 0.428. The standard InChI is InChI=1S/C14H21NO5S/c1-3-11-6-5-7-12(4-2)13(11)8-20-10-15-14(16)9-21(17,18)19/h5-7H,3-4,8-10H2,1-2H3,(H,15,16)(H,17,18,19). The summed E-state index contributed by atoms with van der Waals surface area (Å²) in [4.78, 5) is 11.2. The molecule has 1 aromatic rings. The first-order valence-corrected chi connectivity index (χ1v) is 8.37. The van der Waals surface area contributed by atoms with Crippen molar-refractivity contribution >= 4 is 16.0 Å². The molecule has 0 radical (unpaired) electrons. The van der Waals surface area contributed by atoms with E-state index in [9.17, 15) is 13.2 Å². The van der Waals surface area contributed by atoms with Crippen LogP contribution in [0.3, 0.4) is 0 Å². The molecule has 0 aliphatic carbocycles. The number of hydrogen-bond donors (Lipinski definition) is 2. The van der Waals surface area contributed by atoms with Gasteiger partial charge in [0, 0.05) is 0 Å². The van der Waals surface area contributed by atoms with Gasteiger partial charge in [0.2, 0.25) is 5.91 Å². The van der Waals surface area contributed by atoms with Crippen LogP contribution < -0.4 is 5.32 Å². The van der Waals surface area contributed by atoms with Gasteiger partial charge >= 0.3 is 0 Å². The van der Waals surface area contributed by atoms with Gasteiger partial charge in [-0.1, -0.05) is 32.0 Å². The molecule has 1 amide bonds. The third-order valence-electron chi connectivity index (χ3n) is 3.06. The Morgan fingerprint density at radius 1 is 1.24 bits per heavy atom. The molecule has 0 bridgehead atoms. The second-order valence-corrected chi connectivity index (χ2v) is 6.03. The molecular formula is C14H21NO5S. The van der Waals surface area contributed by atoms with E-state index in [1.807, 2.05) is 18.2 Å². The Hall–Kier alpha value is -1.44. The van der Waals surface area contributed by atoms with Gasteiger partial charge in [0.15, 0.2) is 5.75 Å². The van der Waals surface area contributed by atoms with Crippen LogP contribution in [0, 0.1) is 0 Å². The summed E-state index contributed by atoms with van der Waals surface area (Å²) < 4.78 is 34.9. The fraction of sp³-hybridized carbons (Fsp3) is 0.500. The fourth-order valence-electron chi connectivity index (χ4n) is 2.04. The number of amides is 1. The van der Waals surface area contributed by atoms with E-state index in [4.69, 9.17) is 9.29 Å². The molecule has 0 spiro atoms. The van der Waals surface area contributed by atoms with E-state index >= 15 is 0 Å². The first kappa shape index (κ1) is 17.6. The Kier molecular flexibility index (Phi) is 6.80. The normalized spacial score (nSPS) is 11.4. The monoisotopic (exact) mass is 315 g/mol. The molecule has 1 aromatic carbocycles. The zero-order valence-corrected chi connectivity index (χ0v) is 13.1. The number of nitrogens with one attached hydrogen (secondary N) is 1. The average molecular weight is 315 g/mol. The predicted molar refractivity (Wildman–Crippen MR) is 79.4 cm³/mol. The van der Waals surface area contributed by atoms with E-state index in [0.717, 1.165) is 18.4 Å². The molecule has 6 nitrogen and oxygen atoms in total. The topological polar surface area (TPSA) is 92.7 Å². The second-order valence-electron chi connectivity index (χ2n) is 4.58. The number of carbonyl (C=O) groups excluding carboxylic acids is 1. The number of ether oxygens (including phenoxy) is 1. The molecule has 7 heteroatoms. The van der Waals surface area contributed by atoms with Gasteiger partial charge in [0.05, 0.1) is 6.61 Å². The number of benzene rings is 1. The molecule has 0 saturated carbocycles. The predicted octanol–water partition coefficient (Wildman–Crippen LogP) is 1.29. The van der Waals surface area contributed by atoms with E-state index in [-0.39, 0.29) is 6.73 Å². The lowest BCUT2D eigenvalue weighted by Gasteiger charge is -2.13. The number of carbonyl (C=O) groups is 1. The lowest BCUT2D eigenvalue weighted by atomic mass is 9.98. The van der Waals surface area contributed by atoms with Crippen molar-refractivity contribution in [3.8, 4) is 0 Å². The van der Waals surface area contributed by atoms with Crippen LogP contribution in [-0.2, 0) is 39.1 Å². The smallest absolute Gasteiger partial charge is 0.274 e. The molecule has 2 N–H and O–H groups in total. The van der Waals surface area contributed by atoms with Gasteiger partial charge in [-0.3, -0.25) is 9.35 Å². The highest BCUT2D eigenvalue weighted by Gasteiger charge is 2.12. The van der Waals surface area contributed by atoms with E-state index in [0.29, 0.717) is 6.61 Å². The summed E-state index contributed by atoms with van der Waals surface area (Å²) in [6.07, 6.45) is 1.78. The molecule has 0 saturated heterocycles. The molecule has 0 heterocycles. The van der Waals surface area contributed by atoms with Gasteiger partial charge in [0.1, 0.15) is 6.73 Å². The van der Waals surface area contributed by atoms with Crippen molar-refractivity contribution in [2.75, 3.05) is 12.5 Å². The molecule has 0 aliphatic heterocycles. The van der Waals surface area contributed by atoms with Crippen molar-refractivity contribution in [2.24, 2.45) is 0 Å². The summed E-state index contributed by atoms with van der Waals surface area (Å²) in [5.74, 6) is -1.75. The van der Waals surface area contributed by atoms with Crippen molar-refractivity contribution < 1.29 is 22.5 Å². The van der Waals surface area contributed by atoms with Crippen molar-refractivity contribution in [3.05, 3.63) is 34.9 Å². The van der Waals surface area contributed by atoms with Crippen LogP contribution in [0.5, 0.6) is 0 Å². The second kappa shape index (κ2) is 8.11. The van der Waals surface area contributed by atoms with Gasteiger partial charge in [-0.05, 0) is 29.5 Å². The van der Waals surface area contributed by atoms with Gasteiger partial charge in [-0.25, -0.2) is 0 Å². The Morgan fingerprint density at radius 3 is 2.29 bits per heavy atom. The minimum absolute atomic E-state index is 0.102. The van der Waals surface area contributed by atoms with Crippen LogP contribution in [-0.4, -0.2) is 31.4 Å². The minimum Gasteiger partial charge on any atom is -0.357 e. The molecule has 118 valence electrons. The highest BCUT2D eigenvalue weighted by molar-refractivity contribution is 7.86. The highest BCUT2D eigenvalue weighted by Crippen LogP contribution is 2.17. The molecule has 0 unspecified atom stereocenters. The van der Waals surface area contributed by atoms with Crippen LogP contribution in [0.15, 0.2) is 18.2 Å². The first-order valence-electron chi connectivity index (χ1n) is 6.76. The maximum atomic E-state index is 11.2. The van der Waals surface area contributed by atoms with Gasteiger partial charge in [-0.2, -0.15) is 8.42 Å². The van der Waals surface area contributed by atoms with E-state index < -0.39 is 21.8 Å². The van der Waals surface area contributed by atoms with Crippen LogP contribution in [0.2, 0.25) is 0 Å². The molecule has 0 aromatic heterocycles. The molecule has 0 atom stereocenters. The molecule has 1 rings (SSSR count). The first-order chi connectivity index (χ1) is 9.87. The summed E-state index contributed by atoms with van der Waals surface area (Å²) in [6, 6.07) is 6.08.